The summed E-state index contributed by atoms with van der Waals surface area (Å²) in [6.45, 7) is 0. The van der Waals surface area contributed by atoms with Gasteiger partial charge in [0.05, 0.1) is 5.56 Å². The van der Waals surface area contributed by atoms with Gasteiger partial charge in [-0.25, -0.2) is 4.39 Å². The molecule has 0 aliphatic carbocycles. The van der Waals surface area contributed by atoms with Crippen molar-refractivity contribution in [2.75, 3.05) is 0 Å². The van der Waals surface area contributed by atoms with Crippen LogP contribution in [-0.2, 0) is 0 Å². The second-order valence-corrected chi connectivity index (χ2v) is 4.77. The molecule has 0 saturated carbocycles. The fourth-order valence-electron chi connectivity index (χ4n) is 1.66. The molecule has 3 rings (SSSR count). The van der Waals surface area contributed by atoms with Crippen LogP contribution in [0, 0.1) is 5.82 Å². The highest BCUT2D eigenvalue weighted by molar-refractivity contribution is 9.10. The van der Waals surface area contributed by atoms with E-state index >= 15 is 0 Å². The molecule has 3 aromatic rings. The van der Waals surface area contributed by atoms with Crippen molar-refractivity contribution in [3.05, 3.63) is 46.8 Å². The molecule has 1 aromatic carbocycles. The van der Waals surface area contributed by atoms with E-state index in [1.165, 1.54) is 12.1 Å². The van der Waals surface area contributed by atoms with E-state index in [1.54, 1.807) is 18.3 Å². The molecule has 0 fully saturated rings. The summed E-state index contributed by atoms with van der Waals surface area (Å²) in [5.41, 5.74) is 0.779. The van der Waals surface area contributed by atoms with E-state index < -0.39 is 5.82 Å². The second kappa shape index (κ2) is 5.01. The molecule has 2 aromatic heterocycles. The standard InChI is InChI=1S/C13H7BrFN3O2/c14-9-2-1-5-16-11(9)12-17-13(20-18-12)8-4-3-7(15)6-10(8)19/h1-6,19H. The van der Waals surface area contributed by atoms with Crippen LogP contribution >= 0.6 is 15.9 Å². The molecule has 7 heteroatoms. The summed E-state index contributed by atoms with van der Waals surface area (Å²) in [4.78, 5) is 8.29. The zero-order valence-electron chi connectivity index (χ0n) is 9.92. The van der Waals surface area contributed by atoms with Gasteiger partial charge in [-0.05, 0) is 40.2 Å². The molecule has 0 atom stereocenters. The Hall–Kier alpha value is -2.28. The Morgan fingerprint density at radius 1 is 1.25 bits per heavy atom. The number of nitrogens with zero attached hydrogens (tertiary/aromatic N) is 3. The predicted molar refractivity (Wildman–Crippen MR) is 72.3 cm³/mol. The first-order valence-corrected chi connectivity index (χ1v) is 6.38. The van der Waals surface area contributed by atoms with Crippen LogP contribution in [0.3, 0.4) is 0 Å². The normalized spacial score (nSPS) is 10.7. The van der Waals surface area contributed by atoms with E-state index in [2.05, 4.69) is 31.1 Å². The molecule has 0 bridgehead atoms. The van der Waals surface area contributed by atoms with Crippen LogP contribution in [-0.4, -0.2) is 20.2 Å². The van der Waals surface area contributed by atoms with E-state index in [4.69, 9.17) is 4.52 Å². The maximum atomic E-state index is 12.9. The molecule has 0 aliphatic rings. The van der Waals surface area contributed by atoms with Crippen molar-refractivity contribution in [3.63, 3.8) is 0 Å². The fourth-order valence-corrected chi connectivity index (χ4v) is 2.10. The van der Waals surface area contributed by atoms with Gasteiger partial charge in [-0.1, -0.05) is 5.16 Å². The number of rotatable bonds is 2. The first-order chi connectivity index (χ1) is 9.65. The summed E-state index contributed by atoms with van der Waals surface area (Å²) >= 11 is 3.34. The summed E-state index contributed by atoms with van der Waals surface area (Å²) in [5.74, 6) is -0.440. The molecular weight excluding hydrogens is 329 g/mol. The summed E-state index contributed by atoms with van der Waals surface area (Å²) in [7, 11) is 0. The summed E-state index contributed by atoms with van der Waals surface area (Å²) < 4.78 is 18.7. The van der Waals surface area contributed by atoms with Crippen molar-refractivity contribution in [1.82, 2.24) is 15.1 Å². The minimum absolute atomic E-state index is 0.0926. The van der Waals surface area contributed by atoms with E-state index in [-0.39, 0.29) is 23.0 Å². The lowest BCUT2D eigenvalue weighted by Crippen LogP contribution is -1.87. The van der Waals surface area contributed by atoms with Crippen molar-refractivity contribution in [2.24, 2.45) is 0 Å². The van der Waals surface area contributed by atoms with Crippen LogP contribution in [0.4, 0.5) is 4.39 Å². The zero-order valence-corrected chi connectivity index (χ0v) is 11.5. The number of hydrogen-bond acceptors (Lipinski definition) is 5. The number of benzene rings is 1. The highest BCUT2D eigenvalue weighted by Crippen LogP contribution is 2.30. The zero-order chi connectivity index (χ0) is 14.1. The van der Waals surface area contributed by atoms with E-state index in [0.717, 1.165) is 10.5 Å². The van der Waals surface area contributed by atoms with Crippen LogP contribution in [0.15, 0.2) is 45.5 Å². The van der Waals surface area contributed by atoms with E-state index in [9.17, 15) is 9.50 Å². The van der Waals surface area contributed by atoms with Gasteiger partial charge in [0.25, 0.3) is 5.89 Å². The second-order valence-electron chi connectivity index (χ2n) is 3.92. The van der Waals surface area contributed by atoms with Crippen molar-refractivity contribution >= 4 is 15.9 Å². The van der Waals surface area contributed by atoms with Crippen molar-refractivity contribution in [1.29, 1.82) is 0 Å². The van der Waals surface area contributed by atoms with Gasteiger partial charge in [0.2, 0.25) is 5.82 Å². The Labute approximate surface area is 121 Å². The molecule has 0 saturated heterocycles. The third-order valence-electron chi connectivity index (χ3n) is 2.59. The Bertz CT molecular complexity index is 776. The number of halogens is 2. The lowest BCUT2D eigenvalue weighted by molar-refractivity contribution is 0.424. The fraction of sp³-hybridized carbons (Fsp3) is 0. The van der Waals surface area contributed by atoms with Crippen molar-refractivity contribution in [2.45, 2.75) is 0 Å². The average molecular weight is 336 g/mol. The molecule has 0 unspecified atom stereocenters. The van der Waals surface area contributed by atoms with Crippen LogP contribution in [0.2, 0.25) is 0 Å². The third-order valence-corrected chi connectivity index (χ3v) is 3.23. The van der Waals surface area contributed by atoms with Crippen LogP contribution in [0.5, 0.6) is 5.75 Å². The number of pyridine rings is 1. The number of phenolic OH excluding ortho intramolecular Hbond substituents is 1. The van der Waals surface area contributed by atoms with E-state index in [1.807, 2.05) is 0 Å². The topological polar surface area (TPSA) is 72.0 Å². The Morgan fingerprint density at radius 2 is 2.10 bits per heavy atom. The molecule has 1 N–H and O–H groups in total. The van der Waals surface area contributed by atoms with Gasteiger partial charge < -0.3 is 9.63 Å². The number of aromatic nitrogens is 3. The number of aromatic hydroxyl groups is 1. The maximum absolute atomic E-state index is 12.9. The van der Waals surface area contributed by atoms with Gasteiger partial charge in [-0.2, -0.15) is 4.98 Å². The first-order valence-electron chi connectivity index (χ1n) is 5.58. The van der Waals surface area contributed by atoms with Gasteiger partial charge >= 0.3 is 0 Å². The number of hydrogen-bond donors (Lipinski definition) is 1. The van der Waals surface area contributed by atoms with Gasteiger partial charge in [-0.3, -0.25) is 4.98 Å². The molecule has 0 radical (unpaired) electrons. The lowest BCUT2D eigenvalue weighted by atomic mass is 10.2. The number of phenols is 1. The van der Waals surface area contributed by atoms with Crippen molar-refractivity contribution in [3.8, 4) is 28.7 Å². The Morgan fingerprint density at radius 3 is 2.85 bits per heavy atom. The highest BCUT2D eigenvalue weighted by Gasteiger charge is 2.16. The summed E-state index contributed by atoms with van der Waals surface area (Å²) in [5, 5.41) is 13.5. The molecule has 100 valence electrons. The van der Waals surface area contributed by atoms with Gasteiger partial charge in [-0.15, -0.1) is 0 Å². The highest BCUT2D eigenvalue weighted by atomic mass is 79.9. The molecule has 5 nitrogen and oxygen atoms in total. The van der Waals surface area contributed by atoms with Gasteiger partial charge in [0.15, 0.2) is 0 Å². The SMILES string of the molecule is Oc1cc(F)ccc1-c1nc(-c2ncccc2Br)no1. The lowest BCUT2D eigenvalue weighted by Gasteiger charge is -1.98. The summed E-state index contributed by atoms with van der Waals surface area (Å²) in [6.07, 6.45) is 1.60. The van der Waals surface area contributed by atoms with Crippen LogP contribution in [0.25, 0.3) is 23.0 Å². The molecular formula is C13H7BrFN3O2. The van der Waals surface area contributed by atoms with E-state index in [0.29, 0.717) is 5.69 Å². The minimum atomic E-state index is -0.543. The molecule has 0 aliphatic heterocycles. The van der Waals surface area contributed by atoms with Gasteiger partial charge in [0.1, 0.15) is 17.3 Å². The van der Waals surface area contributed by atoms with Crippen molar-refractivity contribution < 1.29 is 14.0 Å². The Kier molecular flexibility index (Phi) is 3.19. The third kappa shape index (κ3) is 2.27. The molecule has 20 heavy (non-hydrogen) atoms. The average Bonchev–Trinajstić information content (AvgIpc) is 2.88. The molecule has 0 spiro atoms. The monoisotopic (exact) mass is 335 g/mol. The Balaban J connectivity index is 2.04. The molecule has 0 amide bonds. The van der Waals surface area contributed by atoms with Gasteiger partial charge in [0, 0.05) is 16.7 Å². The minimum Gasteiger partial charge on any atom is -0.507 e. The van der Waals surface area contributed by atoms with Crippen LogP contribution in [0.1, 0.15) is 0 Å². The maximum Gasteiger partial charge on any atom is 0.262 e. The smallest absolute Gasteiger partial charge is 0.262 e. The summed E-state index contributed by atoms with van der Waals surface area (Å²) in [6, 6.07) is 7.12. The molecule has 2 heterocycles. The first kappa shape index (κ1) is 12.7. The largest absolute Gasteiger partial charge is 0.507 e. The predicted octanol–water partition coefficient (Wildman–Crippen LogP) is 3.41. The van der Waals surface area contributed by atoms with Crippen LogP contribution < -0.4 is 0 Å². The quantitative estimate of drug-likeness (QED) is 0.776.